The summed E-state index contributed by atoms with van der Waals surface area (Å²) in [5.41, 5.74) is 2.02. The topological polar surface area (TPSA) is 85.3 Å². The number of benzene rings is 2. The maximum Gasteiger partial charge on any atom is 0.335 e. The molecule has 0 amide bonds. The molecule has 0 aromatic heterocycles. The van der Waals surface area contributed by atoms with Crippen molar-refractivity contribution in [2.24, 2.45) is 0 Å². The zero-order valence-corrected chi connectivity index (χ0v) is 15.6. The Morgan fingerprint density at radius 2 is 1.44 bits per heavy atom. The average molecular weight is 373 g/mol. The number of carbonyl (C=O) groups is 2. The van der Waals surface area contributed by atoms with Gasteiger partial charge in [-0.1, -0.05) is 12.1 Å². The summed E-state index contributed by atoms with van der Waals surface area (Å²) in [6.45, 7) is 1.01. The number of aromatic carboxylic acids is 1. The molecule has 2 aromatic rings. The molecule has 7 nitrogen and oxygen atoms in total. The monoisotopic (exact) mass is 373 g/mol. The van der Waals surface area contributed by atoms with Gasteiger partial charge in [-0.3, -0.25) is 9.69 Å². The number of hydrogen-bond acceptors (Lipinski definition) is 6. The molecule has 0 heterocycles. The Bertz CT molecular complexity index is 765. The molecule has 0 spiro atoms. The predicted molar refractivity (Wildman–Crippen MR) is 99.1 cm³/mol. The van der Waals surface area contributed by atoms with Gasteiger partial charge in [-0.2, -0.15) is 0 Å². The Kier molecular flexibility index (Phi) is 7.19. The zero-order chi connectivity index (χ0) is 19.8. The number of carbonyl (C=O) groups excluding carboxylic acids is 1. The minimum absolute atomic E-state index is 0.0940. The van der Waals surface area contributed by atoms with Gasteiger partial charge in [-0.25, -0.2) is 4.79 Å². The van der Waals surface area contributed by atoms with Gasteiger partial charge in [0.15, 0.2) is 0 Å². The standard InChI is InChI=1S/C20H23NO6/c1-25-17-8-15(9-18(10-17)26-2)12-21(13-19(22)27-3)11-14-4-6-16(7-5-14)20(23)24/h4-10H,11-13H2,1-3H3,(H,23,24). The number of esters is 1. The van der Waals surface area contributed by atoms with Crippen LogP contribution in [0.3, 0.4) is 0 Å². The van der Waals surface area contributed by atoms with Crippen molar-refractivity contribution in [1.82, 2.24) is 4.90 Å². The van der Waals surface area contributed by atoms with E-state index in [9.17, 15) is 9.59 Å². The van der Waals surface area contributed by atoms with Crippen LogP contribution < -0.4 is 9.47 Å². The lowest BCUT2D eigenvalue weighted by molar-refractivity contribution is -0.142. The number of rotatable bonds is 9. The van der Waals surface area contributed by atoms with E-state index in [1.54, 1.807) is 44.6 Å². The Morgan fingerprint density at radius 1 is 0.889 bits per heavy atom. The molecule has 2 rings (SSSR count). The van der Waals surface area contributed by atoms with Gasteiger partial charge in [0.2, 0.25) is 0 Å². The molecule has 0 radical (unpaired) electrons. The Labute approximate surface area is 158 Å². The van der Waals surface area contributed by atoms with Crippen LogP contribution in [-0.4, -0.2) is 49.8 Å². The van der Waals surface area contributed by atoms with Crippen molar-refractivity contribution in [3.63, 3.8) is 0 Å². The van der Waals surface area contributed by atoms with Crippen molar-refractivity contribution < 1.29 is 28.9 Å². The highest BCUT2D eigenvalue weighted by atomic mass is 16.5. The highest BCUT2D eigenvalue weighted by Gasteiger charge is 2.14. The molecule has 0 unspecified atom stereocenters. The van der Waals surface area contributed by atoms with Crippen LogP contribution in [0.25, 0.3) is 0 Å². The van der Waals surface area contributed by atoms with Crippen molar-refractivity contribution in [1.29, 1.82) is 0 Å². The summed E-state index contributed by atoms with van der Waals surface area (Å²) in [7, 11) is 4.50. The molecule has 7 heteroatoms. The van der Waals surface area contributed by atoms with Gasteiger partial charge < -0.3 is 19.3 Å². The maximum atomic E-state index is 11.8. The lowest BCUT2D eigenvalue weighted by Crippen LogP contribution is -2.29. The van der Waals surface area contributed by atoms with Gasteiger partial charge >= 0.3 is 11.9 Å². The molecule has 0 saturated carbocycles. The normalized spacial score (nSPS) is 10.5. The quantitative estimate of drug-likeness (QED) is 0.676. The van der Waals surface area contributed by atoms with E-state index in [2.05, 4.69) is 0 Å². The van der Waals surface area contributed by atoms with Gasteiger partial charge in [0.05, 0.1) is 33.4 Å². The molecule has 0 atom stereocenters. The van der Waals surface area contributed by atoms with E-state index in [4.69, 9.17) is 19.3 Å². The summed E-state index contributed by atoms with van der Waals surface area (Å²) in [6.07, 6.45) is 0. The number of nitrogens with zero attached hydrogens (tertiary/aromatic N) is 1. The van der Waals surface area contributed by atoms with Crippen molar-refractivity contribution in [2.45, 2.75) is 13.1 Å². The zero-order valence-electron chi connectivity index (χ0n) is 15.6. The van der Waals surface area contributed by atoms with E-state index in [1.165, 1.54) is 7.11 Å². The van der Waals surface area contributed by atoms with E-state index >= 15 is 0 Å². The van der Waals surface area contributed by atoms with E-state index in [0.29, 0.717) is 24.6 Å². The third kappa shape index (κ3) is 6.00. The molecule has 0 bridgehead atoms. The first-order valence-corrected chi connectivity index (χ1v) is 8.28. The fourth-order valence-electron chi connectivity index (χ4n) is 2.64. The van der Waals surface area contributed by atoms with Gasteiger partial charge in [0, 0.05) is 19.2 Å². The lowest BCUT2D eigenvalue weighted by atomic mass is 10.1. The maximum absolute atomic E-state index is 11.8. The summed E-state index contributed by atoms with van der Waals surface area (Å²) in [6, 6.07) is 12.1. The largest absolute Gasteiger partial charge is 0.497 e. The fourth-order valence-corrected chi connectivity index (χ4v) is 2.64. The van der Waals surface area contributed by atoms with Gasteiger partial charge in [-0.05, 0) is 35.4 Å². The Hall–Kier alpha value is -3.06. The summed E-state index contributed by atoms with van der Waals surface area (Å²) in [4.78, 5) is 24.7. The fraction of sp³-hybridized carbons (Fsp3) is 0.300. The molecule has 144 valence electrons. The summed E-state index contributed by atoms with van der Waals surface area (Å²) >= 11 is 0. The molecule has 1 N–H and O–H groups in total. The van der Waals surface area contributed by atoms with Crippen LogP contribution in [0.5, 0.6) is 11.5 Å². The highest BCUT2D eigenvalue weighted by molar-refractivity contribution is 5.87. The van der Waals surface area contributed by atoms with Crippen LogP contribution in [0.4, 0.5) is 0 Å². The first kappa shape index (κ1) is 20.3. The summed E-state index contributed by atoms with van der Waals surface area (Å²) in [5.74, 6) is -0.00943. The lowest BCUT2D eigenvalue weighted by Gasteiger charge is -2.22. The van der Waals surface area contributed by atoms with Crippen LogP contribution in [0.15, 0.2) is 42.5 Å². The molecule has 0 aliphatic rings. The molecular weight excluding hydrogens is 350 g/mol. The minimum Gasteiger partial charge on any atom is -0.497 e. The van der Waals surface area contributed by atoms with E-state index in [-0.39, 0.29) is 18.1 Å². The minimum atomic E-state index is -0.976. The van der Waals surface area contributed by atoms with Crippen LogP contribution in [0.2, 0.25) is 0 Å². The third-order valence-corrected chi connectivity index (χ3v) is 4.00. The molecule has 0 saturated heterocycles. The van der Waals surface area contributed by atoms with Crippen molar-refractivity contribution >= 4 is 11.9 Å². The second-order valence-electron chi connectivity index (χ2n) is 5.94. The second kappa shape index (κ2) is 9.59. The molecule has 0 fully saturated rings. The predicted octanol–water partition coefficient (Wildman–Crippen LogP) is 2.58. The third-order valence-electron chi connectivity index (χ3n) is 4.00. The van der Waals surface area contributed by atoms with Crippen LogP contribution in [-0.2, 0) is 22.6 Å². The second-order valence-corrected chi connectivity index (χ2v) is 5.94. The summed E-state index contributed by atoms with van der Waals surface area (Å²) in [5, 5.41) is 9.01. The van der Waals surface area contributed by atoms with E-state index in [1.807, 2.05) is 17.0 Å². The number of carboxylic acid groups (broad SMARTS) is 1. The average Bonchev–Trinajstić information content (AvgIpc) is 2.67. The van der Waals surface area contributed by atoms with Crippen molar-refractivity contribution in [3.8, 4) is 11.5 Å². The van der Waals surface area contributed by atoms with Crippen LogP contribution >= 0.6 is 0 Å². The number of methoxy groups -OCH3 is 3. The van der Waals surface area contributed by atoms with Crippen molar-refractivity contribution in [2.75, 3.05) is 27.9 Å². The van der Waals surface area contributed by atoms with Gasteiger partial charge in [0.1, 0.15) is 11.5 Å². The molecule has 0 aliphatic carbocycles. The SMILES string of the molecule is COC(=O)CN(Cc1ccc(C(=O)O)cc1)Cc1cc(OC)cc(OC)c1. The van der Waals surface area contributed by atoms with E-state index in [0.717, 1.165) is 11.1 Å². The van der Waals surface area contributed by atoms with Gasteiger partial charge in [-0.15, -0.1) is 0 Å². The van der Waals surface area contributed by atoms with Crippen molar-refractivity contribution in [3.05, 3.63) is 59.2 Å². The van der Waals surface area contributed by atoms with Crippen LogP contribution in [0.1, 0.15) is 21.5 Å². The number of carboxylic acids is 1. The number of hydrogen-bond donors (Lipinski definition) is 1. The smallest absolute Gasteiger partial charge is 0.335 e. The Morgan fingerprint density at radius 3 is 1.93 bits per heavy atom. The van der Waals surface area contributed by atoms with Gasteiger partial charge in [0.25, 0.3) is 0 Å². The highest BCUT2D eigenvalue weighted by Crippen LogP contribution is 2.24. The van der Waals surface area contributed by atoms with Crippen LogP contribution in [0, 0.1) is 0 Å². The Balaban J connectivity index is 2.21. The number of ether oxygens (including phenoxy) is 3. The molecule has 2 aromatic carbocycles. The van der Waals surface area contributed by atoms with E-state index < -0.39 is 5.97 Å². The molecule has 0 aliphatic heterocycles. The summed E-state index contributed by atoms with van der Waals surface area (Å²) < 4.78 is 15.4. The first-order chi connectivity index (χ1) is 12.9. The molecule has 27 heavy (non-hydrogen) atoms. The molecular formula is C20H23NO6. The first-order valence-electron chi connectivity index (χ1n) is 8.28.